The minimum atomic E-state index is -4.25. The van der Waals surface area contributed by atoms with Crippen LogP contribution in [0.25, 0.3) is 0 Å². The highest BCUT2D eigenvalue weighted by Crippen LogP contribution is 2.27. The Morgan fingerprint density at radius 1 is 0.851 bits per heavy atom. The summed E-state index contributed by atoms with van der Waals surface area (Å²) in [6.45, 7) is 7.35. The van der Waals surface area contributed by atoms with Gasteiger partial charge in [0, 0.05) is 19.0 Å². The molecule has 4 aromatic carbocycles. The van der Waals surface area contributed by atoms with Crippen LogP contribution in [0.5, 0.6) is 5.75 Å². The molecule has 0 saturated carbocycles. The van der Waals surface area contributed by atoms with Gasteiger partial charge in [-0.05, 0) is 86.8 Å². The summed E-state index contributed by atoms with van der Waals surface area (Å²) in [5, 5.41) is 3.01. The smallest absolute Gasteiger partial charge is 0.264 e. The zero-order valence-electron chi connectivity index (χ0n) is 27.2. The van der Waals surface area contributed by atoms with E-state index in [1.54, 1.807) is 48.5 Å². The fourth-order valence-electron chi connectivity index (χ4n) is 5.02. The lowest BCUT2D eigenvalue weighted by molar-refractivity contribution is -0.140. The lowest BCUT2D eigenvalue weighted by Crippen LogP contribution is -2.54. The quantitative estimate of drug-likeness (QED) is 0.162. The molecule has 0 aliphatic heterocycles. The van der Waals surface area contributed by atoms with Crippen molar-refractivity contribution in [1.82, 2.24) is 10.2 Å². The molecule has 8 nitrogen and oxygen atoms in total. The van der Waals surface area contributed by atoms with E-state index in [4.69, 9.17) is 4.74 Å². The van der Waals surface area contributed by atoms with E-state index in [1.807, 2.05) is 58.0 Å². The van der Waals surface area contributed by atoms with Crippen LogP contribution in [0, 0.1) is 12.7 Å². The Balaban J connectivity index is 1.79. The number of hydrogen-bond donors (Lipinski definition) is 1. The number of nitrogens with one attached hydrogen (secondary N) is 1. The molecule has 47 heavy (non-hydrogen) atoms. The summed E-state index contributed by atoms with van der Waals surface area (Å²) in [6.07, 6.45) is 0.865. The van der Waals surface area contributed by atoms with Crippen molar-refractivity contribution < 1.29 is 27.1 Å². The van der Waals surface area contributed by atoms with Gasteiger partial charge < -0.3 is 15.0 Å². The fourth-order valence-corrected chi connectivity index (χ4v) is 6.44. The number of nitrogens with zero attached hydrogens (tertiary/aromatic N) is 2. The molecule has 10 heteroatoms. The number of carbonyl (C=O) groups is 2. The first-order valence-electron chi connectivity index (χ1n) is 15.7. The van der Waals surface area contributed by atoms with Crippen LogP contribution < -0.4 is 14.4 Å². The number of halogens is 1. The normalized spacial score (nSPS) is 12.5. The zero-order valence-corrected chi connectivity index (χ0v) is 28.0. The number of benzene rings is 4. The number of anilines is 1. The number of rotatable bonds is 15. The largest absolute Gasteiger partial charge is 0.494 e. The summed E-state index contributed by atoms with van der Waals surface area (Å²) in [6, 6.07) is 26.7. The van der Waals surface area contributed by atoms with Crippen LogP contribution >= 0.6 is 0 Å². The molecule has 4 rings (SSSR count). The molecule has 2 amide bonds. The molecule has 0 aliphatic rings. The Hall–Kier alpha value is -4.70. The van der Waals surface area contributed by atoms with Gasteiger partial charge in [0.15, 0.2) is 0 Å². The van der Waals surface area contributed by atoms with Crippen molar-refractivity contribution in [2.45, 2.75) is 64.1 Å². The second kappa shape index (κ2) is 16.2. The molecule has 0 saturated heterocycles. The van der Waals surface area contributed by atoms with E-state index < -0.39 is 34.3 Å². The van der Waals surface area contributed by atoms with Gasteiger partial charge in [-0.2, -0.15) is 0 Å². The standard InChI is InChI=1S/C37H42FN3O5S/c1-5-28(4)39-37(43)35(24-29-10-8-7-9-11-29)40(25-30-14-16-31(38)17-15-30)36(42)26-41(32-18-12-27(3)13-19-32)47(44,45)34-22-20-33(21-23-34)46-6-2/h7-23,28,35H,5-6,24-26H2,1-4H3,(H,39,43)/t28-,35-/m0/s1. The molecule has 4 aromatic rings. The summed E-state index contributed by atoms with van der Waals surface area (Å²) in [7, 11) is -4.25. The highest BCUT2D eigenvalue weighted by molar-refractivity contribution is 7.92. The van der Waals surface area contributed by atoms with Crippen LogP contribution in [-0.2, 0) is 32.6 Å². The van der Waals surface area contributed by atoms with E-state index in [1.165, 1.54) is 29.2 Å². The van der Waals surface area contributed by atoms with Gasteiger partial charge in [0.1, 0.15) is 24.2 Å². The van der Waals surface area contributed by atoms with Crippen LogP contribution in [0.4, 0.5) is 10.1 Å². The molecular formula is C37H42FN3O5S. The molecule has 0 radical (unpaired) electrons. The summed E-state index contributed by atoms with van der Waals surface area (Å²) in [5.74, 6) is -0.875. The molecule has 0 aliphatic carbocycles. The predicted molar refractivity (Wildman–Crippen MR) is 182 cm³/mol. The van der Waals surface area contributed by atoms with Crippen LogP contribution in [0.3, 0.4) is 0 Å². The van der Waals surface area contributed by atoms with Crippen molar-refractivity contribution in [3.63, 3.8) is 0 Å². The van der Waals surface area contributed by atoms with Crippen LogP contribution in [0.2, 0.25) is 0 Å². The van der Waals surface area contributed by atoms with Crippen molar-refractivity contribution >= 4 is 27.5 Å². The lowest BCUT2D eigenvalue weighted by atomic mass is 10.0. The minimum absolute atomic E-state index is 0.0187. The average Bonchev–Trinajstić information content (AvgIpc) is 3.07. The summed E-state index contributed by atoms with van der Waals surface area (Å²) >= 11 is 0. The number of carbonyl (C=O) groups excluding carboxylic acids is 2. The highest BCUT2D eigenvalue weighted by atomic mass is 32.2. The Morgan fingerprint density at radius 3 is 2.09 bits per heavy atom. The molecule has 0 fully saturated rings. The molecule has 0 aromatic heterocycles. The van der Waals surface area contributed by atoms with Crippen molar-refractivity contribution in [3.8, 4) is 5.75 Å². The summed E-state index contributed by atoms with van der Waals surface area (Å²) in [5.41, 5.74) is 2.63. The molecule has 0 heterocycles. The van der Waals surface area contributed by atoms with E-state index in [9.17, 15) is 22.4 Å². The maximum absolute atomic E-state index is 14.5. The highest BCUT2D eigenvalue weighted by Gasteiger charge is 2.35. The van der Waals surface area contributed by atoms with E-state index in [0.29, 0.717) is 30.0 Å². The third-order valence-electron chi connectivity index (χ3n) is 7.86. The van der Waals surface area contributed by atoms with Gasteiger partial charge in [-0.1, -0.05) is 67.1 Å². The summed E-state index contributed by atoms with van der Waals surface area (Å²) in [4.78, 5) is 29.8. The summed E-state index contributed by atoms with van der Waals surface area (Å²) < 4.78 is 48.8. The van der Waals surface area contributed by atoms with E-state index in [-0.39, 0.29) is 29.8 Å². The van der Waals surface area contributed by atoms with E-state index >= 15 is 0 Å². The van der Waals surface area contributed by atoms with Crippen molar-refractivity contribution in [2.75, 3.05) is 17.5 Å². The number of amides is 2. The minimum Gasteiger partial charge on any atom is -0.494 e. The van der Waals surface area contributed by atoms with Crippen LogP contribution in [0.1, 0.15) is 43.9 Å². The first-order valence-corrected chi connectivity index (χ1v) is 17.2. The Kier molecular flexibility index (Phi) is 12.1. The number of sulfonamides is 1. The van der Waals surface area contributed by atoms with Gasteiger partial charge >= 0.3 is 0 Å². The second-order valence-electron chi connectivity index (χ2n) is 11.4. The third kappa shape index (κ3) is 9.42. The average molecular weight is 660 g/mol. The Morgan fingerprint density at radius 2 is 1.49 bits per heavy atom. The van der Waals surface area contributed by atoms with Crippen molar-refractivity contribution in [1.29, 1.82) is 0 Å². The Bertz CT molecular complexity index is 1720. The molecule has 248 valence electrons. The third-order valence-corrected chi connectivity index (χ3v) is 9.65. The first kappa shape index (κ1) is 35.2. The Labute approximate surface area is 277 Å². The van der Waals surface area contributed by atoms with E-state index in [0.717, 1.165) is 15.4 Å². The van der Waals surface area contributed by atoms with Gasteiger partial charge in [-0.3, -0.25) is 13.9 Å². The SMILES string of the molecule is CCOc1ccc(S(=O)(=O)N(CC(=O)N(Cc2ccc(F)cc2)[C@@H](Cc2ccccc2)C(=O)N[C@@H](C)CC)c2ccc(C)cc2)cc1. The molecule has 0 bridgehead atoms. The predicted octanol–water partition coefficient (Wildman–Crippen LogP) is 6.28. The molecule has 2 atom stereocenters. The van der Waals surface area contributed by atoms with Gasteiger partial charge in [-0.15, -0.1) is 0 Å². The van der Waals surface area contributed by atoms with E-state index in [2.05, 4.69) is 5.32 Å². The monoisotopic (exact) mass is 659 g/mol. The number of aryl methyl sites for hydroxylation is 1. The second-order valence-corrected chi connectivity index (χ2v) is 13.3. The van der Waals surface area contributed by atoms with Gasteiger partial charge in [0.25, 0.3) is 10.0 Å². The molecular weight excluding hydrogens is 617 g/mol. The van der Waals surface area contributed by atoms with Crippen molar-refractivity contribution in [2.24, 2.45) is 0 Å². The molecule has 0 unspecified atom stereocenters. The topological polar surface area (TPSA) is 96.0 Å². The maximum atomic E-state index is 14.5. The van der Waals surface area contributed by atoms with Gasteiger partial charge in [0.05, 0.1) is 17.2 Å². The number of ether oxygens (including phenoxy) is 1. The molecule has 0 spiro atoms. The van der Waals surface area contributed by atoms with Crippen LogP contribution in [0.15, 0.2) is 108 Å². The van der Waals surface area contributed by atoms with Crippen molar-refractivity contribution in [3.05, 3.63) is 126 Å². The lowest BCUT2D eigenvalue weighted by Gasteiger charge is -2.34. The number of hydrogen-bond acceptors (Lipinski definition) is 5. The van der Waals surface area contributed by atoms with Gasteiger partial charge in [-0.25, -0.2) is 12.8 Å². The fraction of sp³-hybridized carbons (Fsp3) is 0.297. The molecule has 1 N–H and O–H groups in total. The first-order chi connectivity index (χ1) is 22.5. The van der Waals surface area contributed by atoms with Gasteiger partial charge in [0.2, 0.25) is 11.8 Å². The zero-order chi connectivity index (χ0) is 34.0. The maximum Gasteiger partial charge on any atom is 0.264 e. The van der Waals surface area contributed by atoms with Crippen LogP contribution in [-0.4, -0.2) is 50.4 Å².